The molecule has 0 spiro atoms. The van der Waals surface area contributed by atoms with Gasteiger partial charge in [-0.25, -0.2) is 0 Å². The van der Waals surface area contributed by atoms with Gasteiger partial charge in [-0.1, -0.05) is 26.7 Å². The van der Waals surface area contributed by atoms with Crippen molar-refractivity contribution >= 4 is 0 Å². The highest BCUT2D eigenvalue weighted by Gasteiger charge is 2.23. The van der Waals surface area contributed by atoms with Crippen molar-refractivity contribution in [1.29, 1.82) is 0 Å². The predicted molar refractivity (Wildman–Crippen MR) is 31.9 cm³/mol. The Morgan fingerprint density at radius 1 is 1.57 bits per heavy atom. The van der Waals surface area contributed by atoms with E-state index in [2.05, 4.69) is 13.8 Å². The minimum absolute atomic E-state index is 0.972. The monoisotopic (exact) mass is 97.1 g/mol. The maximum Gasteiger partial charge on any atom is -0.0388 e. The first-order valence-corrected chi connectivity index (χ1v) is 3.14. The molecule has 1 rings (SSSR count). The molecule has 0 saturated heterocycles. The Morgan fingerprint density at radius 3 is 2.29 bits per heavy atom. The summed E-state index contributed by atoms with van der Waals surface area (Å²) in [4.78, 5) is 0. The van der Waals surface area contributed by atoms with Crippen LogP contribution in [0.1, 0.15) is 26.2 Å². The molecule has 1 aliphatic carbocycles. The van der Waals surface area contributed by atoms with Crippen LogP contribution in [-0.2, 0) is 0 Å². The highest BCUT2D eigenvalue weighted by Crippen LogP contribution is 2.35. The SMILES string of the molecule is [CH2]CC1CCC1C. The van der Waals surface area contributed by atoms with Crippen LogP contribution in [0.3, 0.4) is 0 Å². The molecule has 1 saturated carbocycles. The third-order valence-corrected chi connectivity index (χ3v) is 2.17. The molecular formula is C7H13. The summed E-state index contributed by atoms with van der Waals surface area (Å²) in [5.41, 5.74) is 0. The smallest absolute Gasteiger partial charge is 0.0388 e. The lowest BCUT2D eigenvalue weighted by atomic mass is 9.74. The zero-order valence-electron chi connectivity index (χ0n) is 4.98. The van der Waals surface area contributed by atoms with E-state index in [0.29, 0.717) is 0 Å². The van der Waals surface area contributed by atoms with Crippen molar-refractivity contribution in [1.82, 2.24) is 0 Å². The maximum absolute atomic E-state index is 3.86. The van der Waals surface area contributed by atoms with E-state index in [1.807, 2.05) is 0 Å². The van der Waals surface area contributed by atoms with Gasteiger partial charge in [0.05, 0.1) is 0 Å². The molecule has 0 N–H and O–H groups in total. The molecule has 0 heterocycles. The molecule has 0 heteroatoms. The number of rotatable bonds is 1. The van der Waals surface area contributed by atoms with Gasteiger partial charge in [-0.2, -0.15) is 0 Å². The molecule has 2 atom stereocenters. The lowest BCUT2D eigenvalue weighted by molar-refractivity contribution is 0.198. The second kappa shape index (κ2) is 1.85. The van der Waals surface area contributed by atoms with Gasteiger partial charge in [0, 0.05) is 0 Å². The van der Waals surface area contributed by atoms with Crippen molar-refractivity contribution < 1.29 is 0 Å². The quantitative estimate of drug-likeness (QED) is 0.470. The summed E-state index contributed by atoms with van der Waals surface area (Å²) in [5.74, 6) is 1.96. The molecular weight excluding hydrogens is 84.1 g/mol. The van der Waals surface area contributed by atoms with Crippen molar-refractivity contribution in [2.45, 2.75) is 26.2 Å². The predicted octanol–water partition coefficient (Wildman–Crippen LogP) is 2.26. The van der Waals surface area contributed by atoms with E-state index in [1.165, 1.54) is 12.8 Å². The first-order chi connectivity index (χ1) is 3.34. The molecule has 0 nitrogen and oxygen atoms in total. The van der Waals surface area contributed by atoms with Gasteiger partial charge in [0.25, 0.3) is 0 Å². The Kier molecular flexibility index (Phi) is 1.36. The average Bonchev–Trinajstić information content (AvgIpc) is 1.65. The van der Waals surface area contributed by atoms with Gasteiger partial charge in [-0.15, -0.1) is 0 Å². The molecule has 1 aliphatic rings. The van der Waals surface area contributed by atoms with E-state index < -0.39 is 0 Å². The molecule has 0 aromatic heterocycles. The summed E-state index contributed by atoms with van der Waals surface area (Å²) in [6.07, 6.45) is 4.03. The zero-order chi connectivity index (χ0) is 5.28. The van der Waals surface area contributed by atoms with Crippen LogP contribution in [0.25, 0.3) is 0 Å². The van der Waals surface area contributed by atoms with Crippen LogP contribution in [0, 0.1) is 18.8 Å². The van der Waals surface area contributed by atoms with E-state index in [0.717, 1.165) is 18.3 Å². The molecule has 2 unspecified atom stereocenters. The molecule has 0 aromatic rings. The minimum atomic E-state index is 0.972. The molecule has 0 aromatic carbocycles. The molecule has 0 bridgehead atoms. The summed E-state index contributed by atoms with van der Waals surface area (Å²) in [6, 6.07) is 0. The van der Waals surface area contributed by atoms with Gasteiger partial charge in [0.2, 0.25) is 0 Å². The van der Waals surface area contributed by atoms with Crippen LogP contribution in [0.15, 0.2) is 0 Å². The van der Waals surface area contributed by atoms with Gasteiger partial charge < -0.3 is 0 Å². The highest BCUT2D eigenvalue weighted by atomic mass is 14.3. The van der Waals surface area contributed by atoms with Gasteiger partial charge in [-0.05, 0) is 18.3 Å². The fourth-order valence-electron chi connectivity index (χ4n) is 1.16. The second-order valence-corrected chi connectivity index (χ2v) is 2.60. The van der Waals surface area contributed by atoms with Gasteiger partial charge in [-0.3, -0.25) is 0 Å². The summed E-state index contributed by atoms with van der Waals surface area (Å²) in [5, 5.41) is 0. The molecule has 1 fully saturated rings. The highest BCUT2D eigenvalue weighted by molar-refractivity contribution is 4.77. The molecule has 0 aliphatic heterocycles. The normalized spacial score (nSPS) is 40.3. The van der Waals surface area contributed by atoms with Crippen LogP contribution in [0.4, 0.5) is 0 Å². The summed E-state index contributed by atoms with van der Waals surface area (Å²) < 4.78 is 0. The van der Waals surface area contributed by atoms with Crippen LogP contribution in [0.5, 0.6) is 0 Å². The first-order valence-electron chi connectivity index (χ1n) is 3.14. The van der Waals surface area contributed by atoms with Gasteiger partial charge in [0.1, 0.15) is 0 Å². The van der Waals surface area contributed by atoms with Crippen LogP contribution >= 0.6 is 0 Å². The summed E-state index contributed by atoms with van der Waals surface area (Å²) in [7, 11) is 0. The number of hydrogen-bond acceptors (Lipinski definition) is 0. The average molecular weight is 97.2 g/mol. The Morgan fingerprint density at radius 2 is 2.29 bits per heavy atom. The van der Waals surface area contributed by atoms with Crippen molar-refractivity contribution in [3.8, 4) is 0 Å². The van der Waals surface area contributed by atoms with E-state index in [9.17, 15) is 0 Å². The Bertz CT molecular complexity index is 55.1. The largest absolute Gasteiger partial charge is 0.0622 e. The van der Waals surface area contributed by atoms with Crippen molar-refractivity contribution in [2.24, 2.45) is 11.8 Å². The van der Waals surface area contributed by atoms with Crippen LogP contribution < -0.4 is 0 Å². The Hall–Kier alpha value is 0. The summed E-state index contributed by atoms with van der Waals surface area (Å²) in [6.45, 7) is 6.18. The fraction of sp³-hybridized carbons (Fsp3) is 0.857. The number of hydrogen-bond donors (Lipinski definition) is 0. The van der Waals surface area contributed by atoms with Crippen molar-refractivity contribution in [3.05, 3.63) is 6.92 Å². The standard InChI is InChI=1S/C7H13/c1-3-7-5-4-6(7)2/h6-7H,1,3-5H2,2H3. The molecule has 41 valence electrons. The molecule has 1 radical (unpaired) electrons. The lowest BCUT2D eigenvalue weighted by Gasteiger charge is -2.32. The first kappa shape index (κ1) is 5.14. The van der Waals surface area contributed by atoms with E-state index in [-0.39, 0.29) is 0 Å². The van der Waals surface area contributed by atoms with Crippen molar-refractivity contribution in [3.63, 3.8) is 0 Å². The second-order valence-electron chi connectivity index (χ2n) is 2.60. The molecule has 0 amide bonds. The van der Waals surface area contributed by atoms with E-state index in [4.69, 9.17) is 0 Å². The molecule has 7 heavy (non-hydrogen) atoms. The topological polar surface area (TPSA) is 0 Å². The van der Waals surface area contributed by atoms with Gasteiger partial charge in [0.15, 0.2) is 0 Å². The fourth-order valence-corrected chi connectivity index (χ4v) is 1.16. The van der Waals surface area contributed by atoms with E-state index in [1.54, 1.807) is 0 Å². The van der Waals surface area contributed by atoms with Crippen molar-refractivity contribution in [2.75, 3.05) is 0 Å². The Labute approximate surface area is 45.9 Å². The maximum atomic E-state index is 3.86. The lowest BCUT2D eigenvalue weighted by Crippen LogP contribution is -2.21. The third kappa shape index (κ3) is 0.793. The van der Waals surface area contributed by atoms with Gasteiger partial charge >= 0.3 is 0 Å². The van der Waals surface area contributed by atoms with Crippen LogP contribution in [-0.4, -0.2) is 0 Å². The summed E-state index contributed by atoms with van der Waals surface area (Å²) >= 11 is 0. The van der Waals surface area contributed by atoms with E-state index >= 15 is 0 Å². The minimum Gasteiger partial charge on any atom is -0.0622 e. The van der Waals surface area contributed by atoms with Crippen LogP contribution in [0.2, 0.25) is 0 Å². The third-order valence-electron chi connectivity index (χ3n) is 2.17. The Balaban J connectivity index is 2.16. The zero-order valence-corrected chi connectivity index (χ0v) is 4.98.